The molecule has 0 unspecified atom stereocenters. The number of piperidine rings is 1. The van der Waals surface area contributed by atoms with Gasteiger partial charge in [-0.1, -0.05) is 11.6 Å². The molecule has 8 heteroatoms. The molecule has 2 saturated heterocycles. The number of hydrogen-bond donors (Lipinski definition) is 0. The first-order valence-electron chi connectivity index (χ1n) is 6.94. The van der Waals surface area contributed by atoms with Crippen LogP contribution in [0, 0.1) is 0 Å². The van der Waals surface area contributed by atoms with Gasteiger partial charge in [-0.2, -0.15) is 0 Å². The van der Waals surface area contributed by atoms with Gasteiger partial charge < -0.3 is 14.5 Å². The number of anilines is 1. The molecule has 5 nitrogen and oxygen atoms in total. The lowest BCUT2D eigenvalue weighted by Gasteiger charge is -2.47. The van der Waals surface area contributed by atoms with Crippen molar-refractivity contribution in [1.29, 1.82) is 0 Å². The fraction of sp³-hybridized carbons (Fsp3) is 0.692. The minimum absolute atomic E-state index is 0.0142. The highest BCUT2D eigenvalue weighted by molar-refractivity contribution is 6.29. The highest BCUT2D eigenvalue weighted by Crippen LogP contribution is 2.33. The van der Waals surface area contributed by atoms with E-state index in [0.717, 1.165) is 19.5 Å². The number of likely N-dealkylation sites (tertiary alicyclic amines) is 1. The Bertz CT molecular complexity index is 519. The topological polar surface area (TPSA) is 41.5 Å². The molecule has 3 heterocycles. The number of likely N-dealkylation sites (N-methyl/N-ethyl adjacent to an activating group) is 1. The molecule has 0 N–H and O–H groups in total. The van der Waals surface area contributed by atoms with E-state index in [0.29, 0.717) is 13.2 Å². The van der Waals surface area contributed by atoms with E-state index in [-0.39, 0.29) is 28.7 Å². The lowest BCUT2D eigenvalue weighted by Crippen LogP contribution is -2.60. The molecule has 0 aliphatic carbocycles. The summed E-state index contributed by atoms with van der Waals surface area (Å²) in [6.07, 6.45) is -1.68. The van der Waals surface area contributed by atoms with Crippen LogP contribution in [-0.4, -0.2) is 60.5 Å². The quantitative estimate of drug-likeness (QED) is 0.834. The summed E-state index contributed by atoms with van der Waals surface area (Å²) in [7, 11) is 2.02. The van der Waals surface area contributed by atoms with Crippen molar-refractivity contribution < 1.29 is 13.5 Å². The van der Waals surface area contributed by atoms with Gasteiger partial charge in [0.15, 0.2) is 11.0 Å². The highest BCUT2D eigenvalue weighted by Gasteiger charge is 2.38. The van der Waals surface area contributed by atoms with Gasteiger partial charge in [0.1, 0.15) is 0 Å². The molecule has 116 valence electrons. The predicted molar refractivity (Wildman–Crippen MR) is 75.0 cm³/mol. The van der Waals surface area contributed by atoms with E-state index in [2.05, 4.69) is 15.1 Å². The van der Waals surface area contributed by atoms with Crippen molar-refractivity contribution in [3.63, 3.8) is 0 Å². The summed E-state index contributed by atoms with van der Waals surface area (Å²) in [6.45, 7) is 2.75. The third-order valence-electron chi connectivity index (χ3n) is 4.07. The van der Waals surface area contributed by atoms with Crippen LogP contribution in [0.3, 0.4) is 0 Å². The zero-order chi connectivity index (χ0) is 15.0. The van der Waals surface area contributed by atoms with Gasteiger partial charge in [-0.25, -0.2) is 8.78 Å². The maximum atomic E-state index is 13.3. The first-order chi connectivity index (χ1) is 10.1. The van der Waals surface area contributed by atoms with Crippen molar-refractivity contribution in [2.75, 3.05) is 38.2 Å². The Balaban J connectivity index is 1.94. The van der Waals surface area contributed by atoms with Gasteiger partial charge in [-0.05, 0) is 19.5 Å². The molecule has 2 fully saturated rings. The predicted octanol–water partition coefficient (Wildman–Crippen LogP) is 1.98. The number of fused-ring (bicyclic) bond motifs is 1. The van der Waals surface area contributed by atoms with Crippen molar-refractivity contribution >= 4 is 17.4 Å². The Kier molecular flexibility index (Phi) is 4.24. The van der Waals surface area contributed by atoms with Crippen LogP contribution in [0.1, 0.15) is 18.4 Å². The van der Waals surface area contributed by atoms with E-state index in [1.54, 1.807) is 0 Å². The number of nitrogens with zero attached hydrogens (tertiary/aromatic N) is 4. The summed E-state index contributed by atoms with van der Waals surface area (Å²) in [5, 5.41) is 7.65. The van der Waals surface area contributed by atoms with Crippen molar-refractivity contribution in [3.8, 4) is 0 Å². The summed E-state index contributed by atoms with van der Waals surface area (Å²) in [5.41, 5.74) is -0.163. The molecule has 0 amide bonds. The zero-order valence-electron chi connectivity index (χ0n) is 11.7. The van der Waals surface area contributed by atoms with E-state index in [9.17, 15) is 8.78 Å². The summed E-state index contributed by atoms with van der Waals surface area (Å²) in [4.78, 5) is 4.07. The van der Waals surface area contributed by atoms with Crippen molar-refractivity contribution in [1.82, 2.24) is 15.1 Å². The highest BCUT2D eigenvalue weighted by atomic mass is 35.5. The van der Waals surface area contributed by atoms with Crippen LogP contribution in [0.25, 0.3) is 0 Å². The molecule has 0 bridgehead atoms. The molecule has 1 aromatic rings. The second-order valence-corrected chi connectivity index (χ2v) is 5.85. The Labute approximate surface area is 126 Å². The van der Waals surface area contributed by atoms with Crippen LogP contribution in [0.15, 0.2) is 6.07 Å². The first kappa shape index (κ1) is 14.9. The van der Waals surface area contributed by atoms with Gasteiger partial charge in [-0.15, -0.1) is 10.2 Å². The van der Waals surface area contributed by atoms with Crippen LogP contribution < -0.4 is 4.90 Å². The third-order valence-corrected chi connectivity index (χ3v) is 4.25. The van der Waals surface area contributed by atoms with E-state index in [1.165, 1.54) is 6.07 Å². The van der Waals surface area contributed by atoms with Gasteiger partial charge >= 0.3 is 0 Å². The van der Waals surface area contributed by atoms with E-state index >= 15 is 0 Å². The Morgan fingerprint density at radius 1 is 1.38 bits per heavy atom. The van der Waals surface area contributed by atoms with Crippen molar-refractivity contribution in [3.05, 3.63) is 16.8 Å². The monoisotopic (exact) mass is 318 g/mol. The summed E-state index contributed by atoms with van der Waals surface area (Å²) < 4.78 is 32.3. The maximum absolute atomic E-state index is 13.3. The zero-order valence-corrected chi connectivity index (χ0v) is 12.4. The Morgan fingerprint density at radius 2 is 2.19 bits per heavy atom. The van der Waals surface area contributed by atoms with Gasteiger partial charge in [0.25, 0.3) is 6.43 Å². The molecule has 2 atom stereocenters. The van der Waals surface area contributed by atoms with Crippen LogP contribution in [-0.2, 0) is 4.74 Å². The average Bonchev–Trinajstić information content (AvgIpc) is 2.46. The van der Waals surface area contributed by atoms with Gasteiger partial charge in [0.05, 0.1) is 24.3 Å². The molecular formula is C13H17ClF2N4O. The van der Waals surface area contributed by atoms with E-state index in [1.807, 2.05) is 11.9 Å². The lowest BCUT2D eigenvalue weighted by atomic mass is 9.98. The largest absolute Gasteiger partial charge is 0.374 e. The number of hydrogen-bond acceptors (Lipinski definition) is 5. The lowest BCUT2D eigenvalue weighted by molar-refractivity contribution is -0.0249. The minimum atomic E-state index is -2.63. The Morgan fingerprint density at radius 3 is 2.95 bits per heavy atom. The van der Waals surface area contributed by atoms with Crippen LogP contribution >= 0.6 is 11.6 Å². The second kappa shape index (κ2) is 5.98. The minimum Gasteiger partial charge on any atom is -0.374 e. The second-order valence-electron chi connectivity index (χ2n) is 5.47. The van der Waals surface area contributed by atoms with Gasteiger partial charge in [0, 0.05) is 19.6 Å². The van der Waals surface area contributed by atoms with Crippen molar-refractivity contribution in [2.45, 2.75) is 25.0 Å². The molecule has 0 spiro atoms. The number of halogens is 3. The molecular weight excluding hydrogens is 302 g/mol. The molecule has 0 radical (unpaired) electrons. The number of morpholine rings is 1. The summed E-state index contributed by atoms with van der Waals surface area (Å²) in [6, 6.07) is 1.22. The standard InChI is InChI=1S/C13H17ClF2N4O/c1-19-3-2-10-9(7-19)20(4-5-21-10)13-8(12(15)16)6-11(14)17-18-13/h6,9-10,12H,2-5,7H2,1H3/t9-,10+/m0/s1. The summed E-state index contributed by atoms with van der Waals surface area (Å²) in [5.74, 6) is 0.225. The van der Waals surface area contributed by atoms with Crippen molar-refractivity contribution in [2.24, 2.45) is 0 Å². The number of aromatic nitrogens is 2. The van der Waals surface area contributed by atoms with Gasteiger partial charge in [-0.3, -0.25) is 0 Å². The fourth-order valence-electron chi connectivity index (χ4n) is 3.05. The van der Waals surface area contributed by atoms with Crippen LogP contribution in [0.5, 0.6) is 0 Å². The number of rotatable bonds is 2. The van der Waals surface area contributed by atoms with E-state index in [4.69, 9.17) is 16.3 Å². The van der Waals surface area contributed by atoms with E-state index < -0.39 is 6.43 Å². The number of ether oxygens (including phenoxy) is 1. The normalized spacial score (nSPS) is 27.0. The molecule has 1 aromatic heterocycles. The molecule has 2 aliphatic heterocycles. The van der Waals surface area contributed by atoms with Crippen LogP contribution in [0.2, 0.25) is 5.15 Å². The smallest absolute Gasteiger partial charge is 0.267 e. The summed E-state index contributed by atoms with van der Waals surface area (Å²) >= 11 is 5.70. The SMILES string of the molecule is CN1CC[C@H]2OCCN(c3nnc(Cl)cc3C(F)F)[C@H]2C1. The molecule has 2 aliphatic rings. The number of alkyl halides is 2. The molecule has 0 saturated carbocycles. The molecule has 21 heavy (non-hydrogen) atoms. The van der Waals surface area contributed by atoms with Crippen LogP contribution in [0.4, 0.5) is 14.6 Å². The fourth-order valence-corrected chi connectivity index (χ4v) is 3.21. The third kappa shape index (κ3) is 2.95. The maximum Gasteiger partial charge on any atom is 0.267 e. The average molecular weight is 319 g/mol. The molecule has 0 aromatic carbocycles. The Hall–Kier alpha value is -1.05. The van der Waals surface area contributed by atoms with Gasteiger partial charge in [0.2, 0.25) is 0 Å². The first-order valence-corrected chi connectivity index (χ1v) is 7.32. The molecule has 3 rings (SSSR count).